The third-order valence-corrected chi connectivity index (χ3v) is 3.25. The van der Waals surface area contributed by atoms with Crippen molar-refractivity contribution in [1.82, 2.24) is 9.97 Å². The van der Waals surface area contributed by atoms with Crippen molar-refractivity contribution in [2.45, 2.75) is 52.9 Å². The lowest BCUT2D eigenvalue weighted by Gasteiger charge is -2.25. The fraction of sp³-hybridized carbons (Fsp3) is 0.688. The standard InChI is InChI=1S/C16H27N5/c1-7-10-18-13-12(2)14(21(6)11-8-9-17)20-15(19-13)16(3,4)5/h7-8,10-11H2,1-6H3,(H,18,19,20). The van der Waals surface area contributed by atoms with Crippen LogP contribution in [0.3, 0.4) is 0 Å². The predicted octanol–water partition coefficient (Wildman–Crippen LogP) is 3.25. The zero-order valence-electron chi connectivity index (χ0n) is 14.1. The molecule has 0 atom stereocenters. The number of hydrogen-bond donors (Lipinski definition) is 1. The summed E-state index contributed by atoms with van der Waals surface area (Å²) in [4.78, 5) is 11.5. The Bertz CT molecular complexity index is 511. The predicted molar refractivity (Wildman–Crippen MR) is 87.7 cm³/mol. The van der Waals surface area contributed by atoms with Gasteiger partial charge in [0.15, 0.2) is 0 Å². The third kappa shape index (κ3) is 4.59. The summed E-state index contributed by atoms with van der Waals surface area (Å²) in [6, 6.07) is 2.18. The summed E-state index contributed by atoms with van der Waals surface area (Å²) in [6.07, 6.45) is 1.54. The van der Waals surface area contributed by atoms with Crippen LogP contribution in [0.4, 0.5) is 11.6 Å². The molecular formula is C16H27N5. The van der Waals surface area contributed by atoms with E-state index in [4.69, 9.17) is 15.2 Å². The van der Waals surface area contributed by atoms with Crippen LogP contribution in [-0.4, -0.2) is 30.1 Å². The van der Waals surface area contributed by atoms with E-state index in [1.807, 2.05) is 18.9 Å². The van der Waals surface area contributed by atoms with Gasteiger partial charge in [0.05, 0.1) is 12.5 Å². The summed E-state index contributed by atoms with van der Waals surface area (Å²) >= 11 is 0. The summed E-state index contributed by atoms with van der Waals surface area (Å²) in [7, 11) is 1.97. The first kappa shape index (κ1) is 17.2. The summed E-state index contributed by atoms with van der Waals surface area (Å²) in [6.45, 7) is 12.1. The molecule has 0 unspecified atom stereocenters. The molecule has 1 heterocycles. The van der Waals surface area contributed by atoms with E-state index in [0.717, 1.165) is 36.0 Å². The molecule has 0 spiro atoms. The minimum absolute atomic E-state index is 0.110. The molecule has 5 nitrogen and oxygen atoms in total. The quantitative estimate of drug-likeness (QED) is 0.870. The summed E-state index contributed by atoms with van der Waals surface area (Å²) in [5, 5.41) is 12.1. The summed E-state index contributed by atoms with van der Waals surface area (Å²) < 4.78 is 0. The van der Waals surface area contributed by atoms with Crippen molar-refractivity contribution in [2.24, 2.45) is 0 Å². The van der Waals surface area contributed by atoms with E-state index in [-0.39, 0.29) is 5.41 Å². The van der Waals surface area contributed by atoms with Crippen LogP contribution in [0.5, 0.6) is 0 Å². The van der Waals surface area contributed by atoms with E-state index in [0.29, 0.717) is 13.0 Å². The second-order valence-corrected chi connectivity index (χ2v) is 6.35. The molecule has 0 aliphatic rings. The number of nitriles is 1. The van der Waals surface area contributed by atoms with Gasteiger partial charge in [0.25, 0.3) is 0 Å². The zero-order valence-corrected chi connectivity index (χ0v) is 14.1. The van der Waals surface area contributed by atoms with Gasteiger partial charge in [-0.1, -0.05) is 27.7 Å². The molecule has 5 heteroatoms. The molecule has 0 aromatic carbocycles. The van der Waals surface area contributed by atoms with Crippen LogP contribution in [0.1, 0.15) is 51.9 Å². The van der Waals surface area contributed by atoms with Crippen molar-refractivity contribution in [2.75, 3.05) is 30.4 Å². The lowest BCUT2D eigenvalue weighted by molar-refractivity contribution is 0.544. The molecule has 1 rings (SSSR count). The molecule has 1 N–H and O–H groups in total. The molecule has 0 saturated carbocycles. The third-order valence-electron chi connectivity index (χ3n) is 3.25. The lowest BCUT2D eigenvalue weighted by atomic mass is 9.95. The Balaban J connectivity index is 3.24. The molecule has 0 amide bonds. The van der Waals surface area contributed by atoms with E-state index in [1.54, 1.807) is 0 Å². The monoisotopic (exact) mass is 289 g/mol. The smallest absolute Gasteiger partial charge is 0.138 e. The Morgan fingerprint density at radius 1 is 1.29 bits per heavy atom. The highest BCUT2D eigenvalue weighted by Gasteiger charge is 2.22. The molecule has 0 fully saturated rings. The maximum atomic E-state index is 8.76. The summed E-state index contributed by atoms with van der Waals surface area (Å²) in [5.74, 6) is 2.63. The maximum Gasteiger partial charge on any atom is 0.138 e. The molecule has 1 aromatic heterocycles. The van der Waals surface area contributed by atoms with Crippen molar-refractivity contribution in [1.29, 1.82) is 5.26 Å². The number of aromatic nitrogens is 2. The number of nitrogens with zero attached hydrogens (tertiary/aromatic N) is 4. The van der Waals surface area contributed by atoms with Gasteiger partial charge in [-0.15, -0.1) is 0 Å². The first-order valence-corrected chi connectivity index (χ1v) is 7.52. The Kier molecular flexibility index (Phi) is 5.95. The first-order chi connectivity index (χ1) is 9.81. The highest BCUT2D eigenvalue weighted by Crippen LogP contribution is 2.28. The fourth-order valence-corrected chi connectivity index (χ4v) is 1.95. The van der Waals surface area contributed by atoms with Crippen LogP contribution < -0.4 is 10.2 Å². The van der Waals surface area contributed by atoms with Gasteiger partial charge in [-0.2, -0.15) is 5.26 Å². The molecule has 116 valence electrons. The van der Waals surface area contributed by atoms with Crippen LogP contribution in [0, 0.1) is 18.3 Å². The SMILES string of the molecule is CCCNc1nc(C(C)(C)C)nc(N(C)CCC#N)c1C. The van der Waals surface area contributed by atoms with Crippen molar-refractivity contribution in [3.05, 3.63) is 11.4 Å². The first-order valence-electron chi connectivity index (χ1n) is 7.52. The largest absolute Gasteiger partial charge is 0.370 e. The van der Waals surface area contributed by atoms with Crippen LogP contribution in [0.25, 0.3) is 0 Å². The molecule has 0 aliphatic carbocycles. The second kappa shape index (κ2) is 7.26. The zero-order chi connectivity index (χ0) is 16.0. The van der Waals surface area contributed by atoms with Crippen LogP contribution in [0.15, 0.2) is 0 Å². The van der Waals surface area contributed by atoms with Crippen molar-refractivity contribution >= 4 is 11.6 Å². The molecular weight excluding hydrogens is 262 g/mol. The van der Waals surface area contributed by atoms with Gasteiger partial charge < -0.3 is 10.2 Å². The molecule has 0 aliphatic heterocycles. The lowest BCUT2D eigenvalue weighted by Crippen LogP contribution is -2.25. The number of rotatable bonds is 6. The number of anilines is 2. The molecule has 0 radical (unpaired) electrons. The van der Waals surface area contributed by atoms with Gasteiger partial charge in [0, 0.05) is 31.1 Å². The number of hydrogen-bond acceptors (Lipinski definition) is 5. The minimum Gasteiger partial charge on any atom is -0.370 e. The van der Waals surface area contributed by atoms with E-state index in [1.165, 1.54) is 0 Å². The summed E-state index contributed by atoms with van der Waals surface area (Å²) in [5.41, 5.74) is 0.929. The Morgan fingerprint density at radius 2 is 1.95 bits per heavy atom. The molecule has 21 heavy (non-hydrogen) atoms. The van der Waals surface area contributed by atoms with Crippen molar-refractivity contribution in [3.8, 4) is 6.07 Å². The van der Waals surface area contributed by atoms with Gasteiger partial charge >= 0.3 is 0 Å². The van der Waals surface area contributed by atoms with Crippen molar-refractivity contribution in [3.63, 3.8) is 0 Å². The molecule has 0 saturated heterocycles. The minimum atomic E-state index is -0.110. The van der Waals surface area contributed by atoms with Gasteiger partial charge in [-0.25, -0.2) is 9.97 Å². The highest BCUT2D eigenvalue weighted by atomic mass is 15.2. The Morgan fingerprint density at radius 3 is 2.48 bits per heavy atom. The van der Waals surface area contributed by atoms with Crippen molar-refractivity contribution < 1.29 is 0 Å². The van der Waals surface area contributed by atoms with E-state index >= 15 is 0 Å². The Labute approximate surface area is 128 Å². The van der Waals surface area contributed by atoms with Gasteiger partial charge in [0.2, 0.25) is 0 Å². The maximum absolute atomic E-state index is 8.76. The Hall–Kier alpha value is -1.83. The van der Waals surface area contributed by atoms with E-state index in [2.05, 4.69) is 39.1 Å². The molecule has 1 aromatic rings. The topological polar surface area (TPSA) is 64.8 Å². The fourth-order valence-electron chi connectivity index (χ4n) is 1.95. The van der Waals surface area contributed by atoms with Crippen LogP contribution >= 0.6 is 0 Å². The normalized spacial score (nSPS) is 11.1. The van der Waals surface area contributed by atoms with Gasteiger partial charge in [-0.05, 0) is 13.3 Å². The average molecular weight is 289 g/mol. The van der Waals surface area contributed by atoms with Gasteiger partial charge in [0.1, 0.15) is 17.5 Å². The second-order valence-electron chi connectivity index (χ2n) is 6.35. The van der Waals surface area contributed by atoms with Gasteiger partial charge in [-0.3, -0.25) is 0 Å². The average Bonchev–Trinajstić information content (AvgIpc) is 2.42. The van der Waals surface area contributed by atoms with E-state index in [9.17, 15) is 0 Å². The van der Waals surface area contributed by atoms with E-state index < -0.39 is 0 Å². The number of nitrogens with one attached hydrogen (secondary N) is 1. The highest BCUT2D eigenvalue weighted by molar-refractivity contribution is 5.58. The van der Waals surface area contributed by atoms with Crippen LogP contribution in [0.2, 0.25) is 0 Å². The molecule has 0 bridgehead atoms. The van der Waals surface area contributed by atoms with Crippen LogP contribution in [-0.2, 0) is 5.41 Å².